The second-order valence-corrected chi connectivity index (χ2v) is 7.56. The highest BCUT2D eigenvalue weighted by Gasteiger charge is 2.52. The third-order valence-corrected chi connectivity index (χ3v) is 4.09. The van der Waals surface area contributed by atoms with Crippen molar-refractivity contribution in [1.82, 2.24) is 15.1 Å². The van der Waals surface area contributed by atoms with Gasteiger partial charge in [0.25, 0.3) is 0 Å². The maximum atomic E-state index is 12.7. The molecule has 2 heterocycles. The monoisotopic (exact) mass is 309 g/mol. The molecule has 0 saturated carbocycles. The van der Waals surface area contributed by atoms with Crippen LogP contribution in [0.2, 0.25) is 0 Å². The summed E-state index contributed by atoms with van der Waals surface area (Å²) in [6, 6.07) is 1.70. The number of carbonyl (C=O) groups excluding carboxylic acids is 1. The van der Waals surface area contributed by atoms with Crippen molar-refractivity contribution >= 4 is 5.97 Å². The van der Waals surface area contributed by atoms with E-state index in [1.807, 2.05) is 46.9 Å². The molecule has 0 bridgehead atoms. The minimum Gasteiger partial charge on any atom is -0.460 e. The van der Waals surface area contributed by atoms with Crippen molar-refractivity contribution in [3.63, 3.8) is 0 Å². The Labute approximate surface area is 131 Å². The molecule has 0 aromatic carbocycles. The van der Waals surface area contributed by atoms with Crippen molar-refractivity contribution < 1.29 is 14.6 Å². The topological polar surface area (TPSA) is 76.4 Å². The van der Waals surface area contributed by atoms with Gasteiger partial charge in [0.1, 0.15) is 5.60 Å². The van der Waals surface area contributed by atoms with Crippen LogP contribution >= 0.6 is 0 Å². The van der Waals surface area contributed by atoms with Crippen LogP contribution in [0.15, 0.2) is 18.5 Å². The molecule has 1 fully saturated rings. The molecular formula is C16H27N3O3. The summed E-state index contributed by atoms with van der Waals surface area (Å²) in [5.74, 6) is -0.638. The van der Waals surface area contributed by atoms with Gasteiger partial charge in [0.15, 0.2) is 0 Å². The molecule has 6 nitrogen and oxygen atoms in total. The first kappa shape index (κ1) is 17.0. The van der Waals surface area contributed by atoms with Crippen molar-refractivity contribution in [1.29, 1.82) is 0 Å². The van der Waals surface area contributed by atoms with Crippen LogP contribution in [0.25, 0.3) is 0 Å². The van der Waals surface area contributed by atoms with E-state index in [1.54, 1.807) is 10.9 Å². The minimum atomic E-state index is -0.527. The Balaban J connectivity index is 2.26. The maximum absolute atomic E-state index is 12.7. The molecule has 0 amide bonds. The highest BCUT2D eigenvalue weighted by atomic mass is 16.6. The number of aliphatic hydroxyl groups excluding tert-OH is 1. The van der Waals surface area contributed by atoms with Crippen molar-refractivity contribution in [3.05, 3.63) is 18.5 Å². The van der Waals surface area contributed by atoms with Gasteiger partial charge in [-0.05, 0) is 40.7 Å². The maximum Gasteiger partial charge on any atom is 0.311 e. The molecule has 0 spiro atoms. The van der Waals surface area contributed by atoms with Crippen LogP contribution in [-0.2, 0) is 16.1 Å². The second kappa shape index (κ2) is 6.01. The Morgan fingerprint density at radius 2 is 2.14 bits per heavy atom. The third kappa shape index (κ3) is 3.67. The number of hydrogen-bond acceptors (Lipinski definition) is 5. The molecule has 1 aromatic rings. The van der Waals surface area contributed by atoms with E-state index in [9.17, 15) is 9.90 Å². The van der Waals surface area contributed by atoms with E-state index in [-0.39, 0.29) is 30.5 Å². The van der Waals surface area contributed by atoms with Crippen LogP contribution < -0.4 is 5.32 Å². The van der Waals surface area contributed by atoms with Gasteiger partial charge in [0, 0.05) is 36.4 Å². The summed E-state index contributed by atoms with van der Waals surface area (Å²) in [6.07, 6.45) is 3.58. The molecule has 1 aliphatic heterocycles. The standard InChI is InChI=1S/C16H27N3O3/c1-15(2,3)22-14(21)13-11(9-19-8-6-7-17-19)12(10-20)18-16(13,4)5/h6-8,11-13,18,20H,9-10H2,1-5H3/t11-,12-,13?/m1/s1. The zero-order valence-electron chi connectivity index (χ0n) is 14.0. The number of hydrogen-bond donors (Lipinski definition) is 2. The normalized spacial score (nSPS) is 27.8. The summed E-state index contributed by atoms with van der Waals surface area (Å²) in [7, 11) is 0. The predicted molar refractivity (Wildman–Crippen MR) is 83.1 cm³/mol. The predicted octanol–water partition coefficient (Wildman–Crippen LogP) is 1.20. The number of nitrogens with zero attached hydrogens (tertiary/aromatic N) is 2. The van der Waals surface area contributed by atoms with Crippen LogP contribution in [0.3, 0.4) is 0 Å². The fourth-order valence-corrected chi connectivity index (χ4v) is 3.31. The Hall–Kier alpha value is -1.40. The summed E-state index contributed by atoms with van der Waals surface area (Å²) < 4.78 is 7.41. The van der Waals surface area contributed by atoms with Crippen LogP contribution in [0.4, 0.5) is 0 Å². The number of nitrogens with one attached hydrogen (secondary N) is 1. The molecule has 2 rings (SSSR count). The number of aromatic nitrogens is 2. The number of aliphatic hydroxyl groups is 1. The second-order valence-electron chi connectivity index (χ2n) is 7.56. The molecular weight excluding hydrogens is 282 g/mol. The lowest BCUT2D eigenvalue weighted by atomic mass is 9.80. The highest BCUT2D eigenvalue weighted by Crippen LogP contribution is 2.37. The molecule has 3 atom stereocenters. The molecule has 1 unspecified atom stereocenters. The van der Waals surface area contributed by atoms with Crippen LogP contribution in [-0.4, -0.2) is 44.6 Å². The summed E-state index contributed by atoms with van der Waals surface area (Å²) in [4.78, 5) is 12.7. The van der Waals surface area contributed by atoms with Gasteiger partial charge in [-0.3, -0.25) is 9.48 Å². The summed E-state index contributed by atoms with van der Waals surface area (Å²) in [5, 5.41) is 17.3. The van der Waals surface area contributed by atoms with Crippen LogP contribution in [0.5, 0.6) is 0 Å². The van der Waals surface area contributed by atoms with Gasteiger partial charge in [0.2, 0.25) is 0 Å². The average molecular weight is 309 g/mol. The lowest BCUT2D eigenvalue weighted by molar-refractivity contribution is -0.163. The molecule has 22 heavy (non-hydrogen) atoms. The van der Waals surface area contributed by atoms with Crippen LogP contribution in [0, 0.1) is 11.8 Å². The zero-order chi connectivity index (χ0) is 16.5. The average Bonchev–Trinajstić information content (AvgIpc) is 2.93. The molecule has 0 aliphatic carbocycles. The third-order valence-electron chi connectivity index (χ3n) is 4.09. The van der Waals surface area contributed by atoms with Gasteiger partial charge < -0.3 is 15.2 Å². The largest absolute Gasteiger partial charge is 0.460 e. The lowest BCUT2D eigenvalue weighted by Gasteiger charge is -2.31. The van der Waals surface area contributed by atoms with E-state index in [1.165, 1.54) is 0 Å². The van der Waals surface area contributed by atoms with E-state index in [2.05, 4.69) is 10.4 Å². The lowest BCUT2D eigenvalue weighted by Crippen LogP contribution is -2.45. The van der Waals surface area contributed by atoms with Gasteiger partial charge in [-0.25, -0.2) is 0 Å². The van der Waals surface area contributed by atoms with Crippen molar-refractivity contribution in [2.75, 3.05) is 6.61 Å². The molecule has 1 aromatic heterocycles. The van der Waals surface area contributed by atoms with Crippen molar-refractivity contribution in [2.24, 2.45) is 11.8 Å². The molecule has 124 valence electrons. The minimum absolute atomic E-state index is 0.0192. The Morgan fingerprint density at radius 1 is 1.45 bits per heavy atom. The number of carbonyl (C=O) groups is 1. The molecule has 1 aliphatic rings. The van der Waals surface area contributed by atoms with E-state index in [0.717, 1.165) is 0 Å². The van der Waals surface area contributed by atoms with Gasteiger partial charge in [-0.1, -0.05) is 0 Å². The summed E-state index contributed by atoms with van der Waals surface area (Å²) in [6.45, 7) is 10.1. The first-order valence-electron chi connectivity index (χ1n) is 7.73. The van der Waals surface area contributed by atoms with E-state index in [4.69, 9.17) is 4.74 Å². The zero-order valence-corrected chi connectivity index (χ0v) is 14.0. The number of esters is 1. The summed E-state index contributed by atoms with van der Waals surface area (Å²) >= 11 is 0. The first-order chi connectivity index (χ1) is 10.1. The fraction of sp³-hybridized carbons (Fsp3) is 0.750. The van der Waals surface area contributed by atoms with Crippen molar-refractivity contribution in [2.45, 2.75) is 58.3 Å². The first-order valence-corrected chi connectivity index (χ1v) is 7.73. The molecule has 6 heteroatoms. The Kier molecular flexibility index (Phi) is 4.63. The summed E-state index contributed by atoms with van der Waals surface area (Å²) in [5.41, 5.74) is -0.964. The van der Waals surface area contributed by atoms with Gasteiger partial charge in [0.05, 0.1) is 12.5 Å². The molecule has 2 N–H and O–H groups in total. The number of ether oxygens (including phenoxy) is 1. The quantitative estimate of drug-likeness (QED) is 0.817. The Bertz CT molecular complexity index is 505. The van der Waals surface area contributed by atoms with E-state index >= 15 is 0 Å². The molecule has 0 radical (unpaired) electrons. The van der Waals surface area contributed by atoms with Crippen LogP contribution in [0.1, 0.15) is 34.6 Å². The van der Waals surface area contributed by atoms with Gasteiger partial charge >= 0.3 is 5.97 Å². The fourth-order valence-electron chi connectivity index (χ4n) is 3.31. The SMILES string of the molecule is CC(C)(C)OC(=O)C1[C@H](Cn2cccn2)[C@@H](CO)NC1(C)C. The van der Waals surface area contributed by atoms with Crippen molar-refractivity contribution in [3.8, 4) is 0 Å². The Morgan fingerprint density at radius 3 is 2.64 bits per heavy atom. The van der Waals surface area contributed by atoms with Gasteiger partial charge in [-0.2, -0.15) is 5.10 Å². The molecule has 1 saturated heterocycles. The van der Waals surface area contributed by atoms with E-state index < -0.39 is 11.1 Å². The van der Waals surface area contributed by atoms with E-state index in [0.29, 0.717) is 6.54 Å². The highest BCUT2D eigenvalue weighted by molar-refractivity contribution is 5.75. The smallest absolute Gasteiger partial charge is 0.311 e. The number of rotatable bonds is 4. The van der Waals surface area contributed by atoms with Gasteiger partial charge in [-0.15, -0.1) is 0 Å².